The van der Waals surface area contributed by atoms with Crippen molar-refractivity contribution < 1.29 is 28.7 Å². The average Bonchev–Trinajstić information content (AvgIpc) is 4.06. The second kappa shape index (κ2) is 17.0. The lowest BCUT2D eigenvalue weighted by Crippen LogP contribution is -2.56. The minimum Gasteiger partial charge on any atom is -0.453 e. The first-order valence-corrected chi connectivity index (χ1v) is 21.0. The van der Waals surface area contributed by atoms with Gasteiger partial charge in [-0.3, -0.25) is 14.6 Å². The van der Waals surface area contributed by atoms with Crippen LogP contribution in [0.25, 0.3) is 22.3 Å². The molecule has 3 aliphatic heterocycles. The topological polar surface area (TPSA) is 130 Å². The van der Waals surface area contributed by atoms with Crippen LogP contribution >= 0.6 is 0 Å². The number of methoxy groups -OCH3 is 2. The van der Waals surface area contributed by atoms with Gasteiger partial charge >= 0.3 is 12.2 Å². The summed E-state index contributed by atoms with van der Waals surface area (Å²) >= 11 is 0. The van der Waals surface area contributed by atoms with Crippen LogP contribution in [0.2, 0.25) is 0 Å². The number of nitrogens with zero attached hydrogens (tertiary/aromatic N) is 3. The molecule has 2 saturated heterocycles. The van der Waals surface area contributed by atoms with E-state index in [0.29, 0.717) is 19.5 Å². The van der Waals surface area contributed by atoms with Crippen LogP contribution in [0.5, 0.6) is 0 Å². The number of carbonyl (C=O) groups is 4. The van der Waals surface area contributed by atoms with Gasteiger partial charge in [0.05, 0.1) is 26.3 Å². The summed E-state index contributed by atoms with van der Waals surface area (Å²) in [4.78, 5) is 60.7. The van der Waals surface area contributed by atoms with Crippen LogP contribution in [-0.2, 0) is 19.1 Å². The van der Waals surface area contributed by atoms with E-state index in [-0.39, 0.29) is 29.8 Å². The van der Waals surface area contributed by atoms with Crippen molar-refractivity contribution in [1.29, 1.82) is 0 Å². The number of carbonyl (C=O) groups excluding carboxylic acids is 4. The van der Waals surface area contributed by atoms with Gasteiger partial charge in [-0.1, -0.05) is 83.1 Å². The van der Waals surface area contributed by atoms with Gasteiger partial charge in [-0.05, 0) is 113 Å². The minimum absolute atomic E-state index is 0.0235. The average molecular weight is 790 g/mol. The highest BCUT2D eigenvalue weighted by Crippen LogP contribution is 2.50. The molecule has 3 fully saturated rings. The van der Waals surface area contributed by atoms with Crippen molar-refractivity contribution >= 4 is 40.9 Å². The molecular weight excluding hydrogens is 731 g/mol. The number of hydrogen-bond acceptors (Lipinski definition) is 7. The molecule has 11 nitrogen and oxygen atoms in total. The van der Waals surface area contributed by atoms with Gasteiger partial charge < -0.3 is 29.9 Å². The highest BCUT2D eigenvalue weighted by atomic mass is 16.5. The number of benzene rings is 2. The predicted octanol–water partition coefficient (Wildman–Crippen LogP) is 8.31. The summed E-state index contributed by atoms with van der Waals surface area (Å²) < 4.78 is 9.67. The second-order valence-corrected chi connectivity index (χ2v) is 17.8. The fourth-order valence-corrected chi connectivity index (χ4v) is 9.64. The van der Waals surface area contributed by atoms with E-state index in [2.05, 4.69) is 59.2 Å². The van der Waals surface area contributed by atoms with Crippen LogP contribution in [0.3, 0.4) is 0 Å². The highest BCUT2D eigenvalue weighted by molar-refractivity contribution is 6.04. The molecule has 0 aromatic heterocycles. The van der Waals surface area contributed by atoms with Crippen molar-refractivity contribution in [3.8, 4) is 11.1 Å². The maximum absolute atomic E-state index is 13.9. The molecule has 2 aromatic carbocycles. The van der Waals surface area contributed by atoms with Gasteiger partial charge in [0.1, 0.15) is 12.1 Å². The molecule has 1 saturated carbocycles. The zero-order chi connectivity index (χ0) is 41.3. The number of nitrogens with one attached hydrogen (secondary N) is 2. The molecule has 2 aliphatic carbocycles. The van der Waals surface area contributed by atoms with Gasteiger partial charge in [-0.25, -0.2) is 9.59 Å². The van der Waals surface area contributed by atoms with Crippen LogP contribution in [0.15, 0.2) is 76.4 Å². The van der Waals surface area contributed by atoms with Gasteiger partial charge in [0.25, 0.3) is 0 Å². The Labute approximate surface area is 343 Å². The SMILES string of the molecule is COC(=O)N[C@H](C(=O)N1CCC[C@H]1C1=C2CCCC2=C(c2ccc(-c3ccc(C4=CN=C([C@@H]5CCCN5C(=O)[C@@H](NC(=O)OC)C(C)(C)C)C4)cc3)cc2)C1)C(C)C. The third-order valence-corrected chi connectivity index (χ3v) is 12.7. The van der Waals surface area contributed by atoms with E-state index in [1.807, 2.05) is 50.6 Å². The number of aliphatic imine (C=N–C) groups is 1. The van der Waals surface area contributed by atoms with Gasteiger partial charge in [-0.2, -0.15) is 0 Å². The molecule has 2 aromatic rings. The summed E-state index contributed by atoms with van der Waals surface area (Å²) in [5, 5.41) is 5.56. The fraction of sp³-hybridized carbons (Fsp3) is 0.511. The van der Waals surface area contributed by atoms with Crippen molar-refractivity contribution in [2.45, 2.75) is 117 Å². The Morgan fingerprint density at radius 3 is 1.84 bits per heavy atom. The first kappa shape index (κ1) is 41.0. The maximum Gasteiger partial charge on any atom is 0.407 e. The fourth-order valence-electron chi connectivity index (χ4n) is 9.64. The molecule has 11 heteroatoms. The lowest BCUT2D eigenvalue weighted by atomic mass is 9.85. The molecule has 3 heterocycles. The molecule has 2 N–H and O–H groups in total. The summed E-state index contributed by atoms with van der Waals surface area (Å²) in [6.07, 6.45) is 9.18. The number of hydrogen-bond donors (Lipinski definition) is 2. The number of allylic oxidation sites excluding steroid dienone is 4. The van der Waals surface area contributed by atoms with Crippen LogP contribution < -0.4 is 10.6 Å². The third kappa shape index (κ3) is 8.22. The quantitative estimate of drug-likeness (QED) is 0.249. The smallest absolute Gasteiger partial charge is 0.407 e. The van der Waals surface area contributed by atoms with E-state index in [9.17, 15) is 19.2 Å². The molecule has 4 amide bonds. The summed E-state index contributed by atoms with van der Waals surface area (Å²) in [6, 6.07) is 16.2. The highest BCUT2D eigenvalue weighted by Gasteiger charge is 2.43. The van der Waals surface area contributed by atoms with Crippen LogP contribution in [-0.4, -0.2) is 91.0 Å². The van der Waals surface area contributed by atoms with Gasteiger partial charge in [0, 0.05) is 31.4 Å². The van der Waals surface area contributed by atoms with E-state index in [0.717, 1.165) is 79.3 Å². The Morgan fingerprint density at radius 2 is 1.24 bits per heavy atom. The summed E-state index contributed by atoms with van der Waals surface area (Å²) in [7, 11) is 2.64. The molecule has 7 rings (SSSR count). The van der Waals surface area contributed by atoms with E-state index >= 15 is 0 Å². The number of ether oxygens (including phenoxy) is 2. The van der Waals surface area contributed by atoms with E-state index < -0.39 is 29.7 Å². The van der Waals surface area contributed by atoms with E-state index in [4.69, 9.17) is 14.5 Å². The molecule has 58 heavy (non-hydrogen) atoms. The lowest BCUT2D eigenvalue weighted by Gasteiger charge is -2.35. The Balaban J connectivity index is 0.995. The predicted molar refractivity (Wildman–Crippen MR) is 227 cm³/mol. The normalized spacial score (nSPS) is 21.6. The molecule has 5 aliphatic rings. The van der Waals surface area contributed by atoms with Crippen molar-refractivity contribution in [3.63, 3.8) is 0 Å². The van der Waals surface area contributed by atoms with Crippen molar-refractivity contribution in [2.75, 3.05) is 27.3 Å². The van der Waals surface area contributed by atoms with E-state index in [1.165, 1.54) is 42.1 Å². The first-order chi connectivity index (χ1) is 27.8. The standard InChI is InChI=1S/C47H59N5O6/c1-28(2)41(49-45(55)57-6)43(53)51-23-9-13-39(51)37-26-36(34-11-8-12-35(34)37)32-21-19-30(20-22-32)29-15-17-31(18-16-29)33-25-38(48-27-33)40-14-10-24-52(40)44(54)42(47(3,4)5)50-46(56)58-7/h15-22,27-28,39-42H,8-14,23-26H2,1-7H3,(H,49,55)(H,50,56)/t39-,40-,41-,42+/m0/s1. The van der Waals surface area contributed by atoms with E-state index in [1.54, 1.807) is 0 Å². The van der Waals surface area contributed by atoms with Crippen molar-refractivity contribution in [1.82, 2.24) is 20.4 Å². The Morgan fingerprint density at radius 1 is 0.690 bits per heavy atom. The molecule has 0 unspecified atom stereocenters. The number of fused-ring (bicyclic) bond motifs is 1. The minimum atomic E-state index is -0.705. The number of likely N-dealkylation sites (tertiary alicyclic amines) is 2. The number of rotatable bonds is 10. The first-order valence-electron chi connectivity index (χ1n) is 21.0. The van der Waals surface area contributed by atoms with Crippen LogP contribution in [0, 0.1) is 11.3 Å². The largest absolute Gasteiger partial charge is 0.453 e. The second-order valence-electron chi connectivity index (χ2n) is 17.8. The Bertz CT molecular complexity index is 2050. The molecule has 0 spiro atoms. The summed E-state index contributed by atoms with van der Waals surface area (Å²) in [5.74, 6) is -0.180. The molecular formula is C47H59N5O6. The zero-order valence-electron chi connectivity index (χ0n) is 35.2. The lowest BCUT2D eigenvalue weighted by molar-refractivity contribution is -0.136. The van der Waals surface area contributed by atoms with Crippen molar-refractivity contribution in [2.24, 2.45) is 16.3 Å². The molecule has 4 atom stereocenters. The number of alkyl carbamates (subject to hydrolysis) is 2. The summed E-state index contributed by atoms with van der Waals surface area (Å²) in [5.41, 5.74) is 12.0. The molecule has 308 valence electrons. The zero-order valence-corrected chi connectivity index (χ0v) is 35.2. The molecule has 0 radical (unpaired) electrons. The van der Waals surface area contributed by atoms with Gasteiger partial charge in [0.15, 0.2) is 0 Å². The van der Waals surface area contributed by atoms with Crippen LogP contribution in [0.1, 0.15) is 104 Å². The summed E-state index contributed by atoms with van der Waals surface area (Å²) in [6.45, 7) is 11.1. The Hall–Kier alpha value is -5.19. The Kier molecular flexibility index (Phi) is 12.0. The monoisotopic (exact) mass is 789 g/mol. The van der Waals surface area contributed by atoms with Crippen molar-refractivity contribution in [3.05, 3.63) is 82.6 Å². The molecule has 0 bridgehead atoms. The third-order valence-electron chi connectivity index (χ3n) is 12.7. The number of amides is 4. The van der Waals surface area contributed by atoms with Gasteiger partial charge in [-0.15, -0.1) is 0 Å². The maximum atomic E-state index is 13.9. The van der Waals surface area contributed by atoms with Crippen LogP contribution in [0.4, 0.5) is 9.59 Å². The van der Waals surface area contributed by atoms with Gasteiger partial charge in [0.2, 0.25) is 11.8 Å².